The molecule has 0 saturated carbocycles. The Morgan fingerprint density at radius 3 is 2.06 bits per heavy atom. The smallest absolute Gasteiger partial charge is 0.307 e. The molecule has 0 aliphatic carbocycles. The number of likely N-dealkylation sites (tertiary alicyclic amines) is 2. The third-order valence-corrected chi connectivity index (χ3v) is 15.5. The summed E-state index contributed by atoms with van der Waals surface area (Å²) in [6.45, 7) is 14.1. The molecule has 1 aromatic carbocycles. The number of aliphatic carboxylic acids is 1. The minimum Gasteiger partial charge on any atom is -0.481 e. The second kappa shape index (κ2) is 27.9. The van der Waals surface area contributed by atoms with Gasteiger partial charge in [0.2, 0.25) is 29.5 Å². The maximum absolute atomic E-state index is 14.7. The van der Waals surface area contributed by atoms with Gasteiger partial charge in [-0.15, -0.1) is 0 Å². The van der Waals surface area contributed by atoms with Gasteiger partial charge in [0, 0.05) is 78.9 Å². The molecule has 16 heteroatoms. The second-order valence-electron chi connectivity index (χ2n) is 19.8. The van der Waals surface area contributed by atoms with Crippen LogP contribution >= 0.6 is 11.8 Å². The van der Waals surface area contributed by atoms with E-state index >= 15 is 0 Å². The lowest BCUT2D eigenvalue weighted by Gasteiger charge is -2.41. The molecule has 1 aromatic rings. The zero-order valence-corrected chi connectivity index (χ0v) is 43.8. The van der Waals surface area contributed by atoms with Gasteiger partial charge in [-0.1, -0.05) is 91.6 Å². The van der Waals surface area contributed by atoms with Crippen LogP contribution in [-0.4, -0.2) is 155 Å². The molecule has 0 bridgehead atoms. The fourth-order valence-electron chi connectivity index (χ4n) is 10.3. The number of ether oxygens (including phenoxy) is 2. The highest BCUT2D eigenvalue weighted by Gasteiger charge is 2.44. The molecule has 15 nitrogen and oxygen atoms in total. The molecule has 382 valence electrons. The summed E-state index contributed by atoms with van der Waals surface area (Å²) in [6, 6.07) is 7.49. The van der Waals surface area contributed by atoms with E-state index in [1.54, 1.807) is 30.8 Å². The van der Waals surface area contributed by atoms with E-state index in [1.807, 2.05) is 78.1 Å². The van der Waals surface area contributed by atoms with Crippen LogP contribution in [0.4, 0.5) is 0 Å². The van der Waals surface area contributed by atoms with Crippen LogP contribution in [0.3, 0.4) is 0 Å². The minimum absolute atomic E-state index is 0.0445. The third-order valence-electron chi connectivity index (χ3n) is 14.5. The van der Waals surface area contributed by atoms with E-state index < -0.39 is 54.1 Å². The van der Waals surface area contributed by atoms with Crippen molar-refractivity contribution in [1.29, 1.82) is 0 Å². The second-order valence-corrected chi connectivity index (χ2v) is 20.9. The van der Waals surface area contributed by atoms with Gasteiger partial charge in [-0.05, 0) is 61.7 Å². The first-order chi connectivity index (χ1) is 32.1. The van der Waals surface area contributed by atoms with Crippen LogP contribution in [0.15, 0.2) is 30.3 Å². The van der Waals surface area contributed by atoms with Crippen molar-refractivity contribution in [2.45, 2.75) is 161 Å². The molecule has 10 atom stereocenters. The highest BCUT2D eigenvalue weighted by molar-refractivity contribution is 8.00. The predicted molar refractivity (Wildman–Crippen MR) is 263 cm³/mol. The number of methoxy groups -OCH3 is 2. The fraction of sp³-hybridized carbons (Fsp3) is 0.731. The Hall–Kier alpha value is -4.15. The van der Waals surface area contributed by atoms with Gasteiger partial charge in [0.1, 0.15) is 5.78 Å². The first-order valence-electron chi connectivity index (χ1n) is 24.7. The maximum Gasteiger partial charge on any atom is 0.307 e. The summed E-state index contributed by atoms with van der Waals surface area (Å²) in [5.41, 5.74) is 0.829. The van der Waals surface area contributed by atoms with Gasteiger partial charge in [0.05, 0.1) is 47.9 Å². The highest BCUT2D eigenvalue weighted by Crippen LogP contribution is 2.32. The average molecular weight is 971 g/mol. The fourth-order valence-corrected chi connectivity index (χ4v) is 10.9. The number of carboxylic acid groups (broad SMARTS) is 1. The summed E-state index contributed by atoms with van der Waals surface area (Å²) in [5, 5.41) is 9.68. The largest absolute Gasteiger partial charge is 0.481 e. The Bertz CT molecular complexity index is 1860. The maximum atomic E-state index is 14.7. The molecule has 5 amide bonds. The molecule has 68 heavy (non-hydrogen) atoms. The number of Topliss-reactive ketones (excluding diaryl/α,β-unsaturated/α-hetero) is 2. The zero-order valence-electron chi connectivity index (χ0n) is 42.9. The molecule has 0 spiro atoms. The first-order valence-corrected chi connectivity index (χ1v) is 26.0. The van der Waals surface area contributed by atoms with Gasteiger partial charge in [-0.3, -0.25) is 43.3 Å². The Kier molecular flexibility index (Phi) is 23.9. The minimum atomic E-state index is -1.05. The van der Waals surface area contributed by atoms with Gasteiger partial charge in [-0.2, -0.15) is 11.8 Å². The van der Waals surface area contributed by atoms with E-state index in [4.69, 9.17) is 9.47 Å². The molecule has 2 heterocycles. The number of nitrogens with zero attached hydrogens (tertiary/aromatic N) is 4. The number of imide groups is 1. The number of ketones is 2. The number of amides is 5. The standard InChI is InChI=1S/C52H82N4O11S/c1-13-34(6)48(42(66-10)30-45(60)55-26-20-23-39(55)49(67-11)35(7)40(57)28-37(52(64)65)27-36-21-16-14-17-22-36)54(9)50(62)38(32(2)3)29-41(58)47(33(4)5)53(8)44(59)24-18-15-19-25-56-46(61)31-43(68-12)51(56)63/h14,16-17,21-22,32-35,37-39,42-43,47-49H,13,15,18-20,23-31H2,1-12H3,(H,64,65)/t34-,35-,37+,38-,39-,42+,43?,47-,48-,49+/m0/s1. The van der Waals surface area contributed by atoms with Crippen molar-refractivity contribution in [3.63, 3.8) is 0 Å². The van der Waals surface area contributed by atoms with Crippen molar-refractivity contribution in [3.05, 3.63) is 35.9 Å². The van der Waals surface area contributed by atoms with Gasteiger partial charge in [-0.25, -0.2) is 0 Å². The van der Waals surface area contributed by atoms with Crippen LogP contribution in [0.2, 0.25) is 0 Å². The number of unbranched alkanes of at least 4 members (excludes halogenated alkanes) is 2. The monoisotopic (exact) mass is 971 g/mol. The topological polar surface area (TPSA) is 188 Å². The highest BCUT2D eigenvalue weighted by atomic mass is 32.2. The van der Waals surface area contributed by atoms with Crippen molar-refractivity contribution in [1.82, 2.24) is 19.6 Å². The number of carbonyl (C=O) groups excluding carboxylic acids is 7. The van der Waals surface area contributed by atoms with E-state index in [0.29, 0.717) is 51.6 Å². The molecule has 2 fully saturated rings. The molecule has 2 saturated heterocycles. The van der Waals surface area contributed by atoms with Crippen LogP contribution in [0.25, 0.3) is 0 Å². The number of carbonyl (C=O) groups is 8. The third kappa shape index (κ3) is 15.4. The summed E-state index contributed by atoms with van der Waals surface area (Å²) in [7, 11) is 6.37. The average Bonchev–Trinajstić information content (AvgIpc) is 3.90. The van der Waals surface area contributed by atoms with Gasteiger partial charge in [0.15, 0.2) is 5.78 Å². The first kappa shape index (κ1) is 58.2. The van der Waals surface area contributed by atoms with Crippen LogP contribution in [0.5, 0.6) is 0 Å². The molecule has 0 aromatic heterocycles. The number of carboxylic acids is 1. The van der Waals surface area contributed by atoms with E-state index in [1.165, 1.54) is 35.8 Å². The van der Waals surface area contributed by atoms with Crippen molar-refractivity contribution in [2.75, 3.05) is 47.7 Å². The summed E-state index contributed by atoms with van der Waals surface area (Å²) < 4.78 is 12.0. The van der Waals surface area contributed by atoms with E-state index in [9.17, 15) is 43.5 Å². The van der Waals surface area contributed by atoms with Crippen molar-refractivity contribution >= 4 is 58.8 Å². The molecule has 2 aliphatic rings. The molecule has 2 aliphatic heterocycles. The summed E-state index contributed by atoms with van der Waals surface area (Å²) >= 11 is 1.38. The lowest BCUT2D eigenvalue weighted by Crippen LogP contribution is -2.54. The van der Waals surface area contributed by atoms with Crippen molar-refractivity contribution in [3.8, 4) is 0 Å². The predicted octanol–water partition coefficient (Wildman–Crippen LogP) is 6.57. The van der Waals surface area contributed by atoms with E-state index in [2.05, 4.69) is 0 Å². The molecular weight excluding hydrogens is 889 g/mol. The SMILES string of the molecule is CC[C@H](C)[C@@H]([C@@H](CC(=O)N1CCC[C@H]1[C@H](OC)[C@@H](C)C(=O)C[C@@H](Cc1ccccc1)C(=O)O)OC)N(C)C(=O)[C@@H](CC(=O)[C@H](C(C)C)N(C)C(=O)CCCCCN1C(=O)CC(SC)C1=O)C(C)C. The quantitative estimate of drug-likeness (QED) is 0.0646. The number of hydrogen-bond acceptors (Lipinski definition) is 11. The van der Waals surface area contributed by atoms with Gasteiger partial charge in [0.25, 0.3) is 0 Å². The van der Waals surface area contributed by atoms with Gasteiger partial charge >= 0.3 is 5.97 Å². The van der Waals surface area contributed by atoms with Gasteiger partial charge < -0.3 is 29.3 Å². The number of rotatable bonds is 30. The van der Waals surface area contributed by atoms with Crippen molar-refractivity contribution < 1.29 is 52.9 Å². The zero-order chi connectivity index (χ0) is 51.0. The van der Waals surface area contributed by atoms with Crippen LogP contribution in [0.1, 0.15) is 125 Å². The normalized spacial score (nSPS) is 19.9. The van der Waals surface area contributed by atoms with Crippen LogP contribution < -0.4 is 0 Å². The Labute approximate surface area is 410 Å². The Balaban J connectivity index is 1.70. The summed E-state index contributed by atoms with van der Waals surface area (Å²) in [6.07, 6.45) is 4.54. The molecule has 1 N–H and O–H groups in total. The number of benzene rings is 1. The molecular formula is C52H82N4O11S. The van der Waals surface area contributed by atoms with Crippen LogP contribution in [0, 0.1) is 35.5 Å². The number of hydrogen-bond donors (Lipinski definition) is 1. The lowest BCUT2D eigenvalue weighted by molar-refractivity contribution is -0.150. The van der Waals surface area contributed by atoms with E-state index in [-0.39, 0.29) is 103 Å². The Morgan fingerprint density at radius 2 is 1.51 bits per heavy atom. The van der Waals surface area contributed by atoms with Crippen LogP contribution in [-0.2, 0) is 54.3 Å². The lowest BCUT2D eigenvalue weighted by atomic mass is 9.83. The van der Waals surface area contributed by atoms with Crippen molar-refractivity contribution in [2.24, 2.45) is 35.5 Å². The number of likely N-dealkylation sites (N-methyl/N-ethyl adjacent to an activating group) is 2. The summed E-state index contributed by atoms with van der Waals surface area (Å²) in [5.74, 6) is -5.30. The van der Waals surface area contributed by atoms with E-state index in [0.717, 1.165) is 5.56 Å². The molecule has 1 unspecified atom stereocenters. The number of thioether (sulfide) groups is 1. The molecule has 0 radical (unpaired) electrons. The summed E-state index contributed by atoms with van der Waals surface area (Å²) in [4.78, 5) is 114. The molecule has 3 rings (SSSR count). The Morgan fingerprint density at radius 1 is 0.853 bits per heavy atom.